The smallest absolute Gasteiger partial charge is 0.239 e. The quantitative estimate of drug-likeness (QED) is 0.538. The first-order valence-corrected chi connectivity index (χ1v) is 10.5. The minimum absolute atomic E-state index is 0.0230. The minimum Gasteiger partial charge on any atom is -0.493 e. The number of nitrogens with one attached hydrogen (secondary N) is 1. The number of thioether (sulfide) groups is 1. The van der Waals surface area contributed by atoms with Crippen molar-refractivity contribution < 1.29 is 9.53 Å². The SMILES string of the molecule is CCCOc1ccccc1/C=N\N=C1\NC(=O)[C@H](Cc2ccc(CC)cc2)S1. The molecule has 0 aromatic heterocycles. The molecule has 5 nitrogen and oxygen atoms in total. The molecule has 0 saturated carbocycles. The van der Waals surface area contributed by atoms with Crippen LogP contribution in [0.2, 0.25) is 0 Å². The van der Waals surface area contributed by atoms with Gasteiger partial charge >= 0.3 is 0 Å². The molecular formula is C22H25N3O2S. The molecule has 3 rings (SSSR count). The lowest BCUT2D eigenvalue weighted by molar-refractivity contribution is -0.118. The summed E-state index contributed by atoms with van der Waals surface area (Å²) in [6, 6.07) is 16.1. The van der Waals surface area contributed by atoms with E-state index < -0.39 is 0 Å². The predicted octanol–water partition coefficient (Wildman–Crippen LogP) is 4.20. The summed E-state index contributed by atoms with van der Waals surface area (Å²) in [6.45, 7) is 4.86. The molecule has 1 atom stereocenters. The molecule has 0 bridgehead atoms. The molecule has 2 aromatic rings. The lowest BCUT2D eigenvalue weighted by Crippen LogP contribution is -2.25. The number of benzene rings is 2. The average Bonchev–Trinajstić information content (AvgIpc) is 3.07. The summed E-state index contributed by atoms with van der Waals surface area (Å²) in [6.07, 6.45) is 4.29. The number of ether oxygens (including phenoxy) is 1. The van der Waals surface area contributed by atoms with Crippen LogP contribution in [0.25, 0.3) is 0 Å². The van der Waals surface area contributed by atoms with Crippen LogP contribution in [0, 0.1) is 0 Å². The van der Waals surface area contributed by atoms with Crippen molar-refractivity contribution in [3.63, 3.8) is 0 Å². The van der Waals surface area contributed by atoms with Crippen LogP contribution in [0.3, 0.4) is 0 Å². The van der Waals surface area contributed by atoms with Crippen molar-refractivity contribution >= 4 is 29.1 Å². The number of nitrogens with zero attached hydrogens (tertiary/aromatic N) is 2. The molecule has 146 valence electrons. The van der Waals surface area contributed by atoms with Gasteiger partial charge in [0.05, 0.1) is 18.1 Å². The normalized spacial score (nSPS) is 18.0. The first-order valence-electron chi connectivity index (χ1n) is 9.57. The molecule has 28 heavy (non-hydrogen) atoms. The Labute approximate surface area is 170 Å². The van der Waals surface area contributed by atoms with Gasteiger partial charge in [-0.15, -0.1) is 5.10 Å². The van der Waals surface area contributed by atoms with Crippen LogP contribution >= 0.6 is 11.8 Å². The number of carbonyl (C=O) groups is 1. The largest absolute Gasteiger partial charge is 0.493 e. The highest BCUT2D eigenvalue weighted by molar-refractivity contribution is 8.15. The lowest BCUT2D eigenvalue weighted by Gasteiger charge is -2.06. The molecule has 1 amide bonds. The summed E-state index contributed by atoms with van der Waals surface area (Å²) in [7, 11) is 0. The van der Waals surface area contributed by atoms with Gasteiger partial charge in [0, 0.05) is 5.56 Å². The van der Waals surface area contributed by atoms with Crippen LogP contribution in [-0.4, -0.2) is 29.1 Å². The summed E-state index contributed by atoms with van der Waals surface area (Å²) < 4.78 is 5.71. The molecule has 0 radical (unpaired) electrons. The van der Waals surface area contributed by atoms with Crippen LogP contribution < -0.4 is 10.1 Å². The van der Waals surface area contributed by atoms with Crippen LogP contribution in [0.5, 0.6) is 5.75 Å². The first kappa shape index (κ1) is 20.1. The van der Waals surface area contributed by atoms with Gasteiger partial charge < -0.3 is 10.1 Å². The third-order valence-corrected chi connectivity index (χ3v) is 5.43. The van der Waals surface area contributed by atoms with Gasteiger partial charge in [0.2, 0.25) is 5.91 Å². The van der Waals surface area contributed by atoms with E-state index in [-0.39, 0.29) is 11.2 Å². The summed E-state index contributed by atoms with van der Waals surface area (Å²) in [5, 5.41) is 11.5. The van der Waals surface area contributed by atoms with Crippen LogP contribution in [-0.2, 0) is 17.6 Å². The van der Waals surface area contributed by atoms with Crippen molar-refractivity contribution in [3.05, 3.63) is 65.2 Å². The Morgan fingerprint density at radius 2 is 1.86 bits per heavy atom. The molecule has 1 aliphatic rings. The van der Waals surface area contributed by atoms with Crippen LogP contribution in [0.1, 0.15) is 37.0 Å². The topological polar surface area (TPSA) is 63.1 Å². The second-order valence-corrected chi connectivity index (χ2v) is 7.70. The molecule has 0 aliphatic carbocycles. The zero-order chi connectivity index (χ0) is 19.8. The summed E-state index contributed by atoms with van der Waals surface area (Å²) >= 11 is 1.42. The molecule has 2 aromatic carbocycles. The minimum atomic E-state index is -0.179. The highest BCUT2D eigenvalue weighted by atomic mass is 32.2. The van der Waals surface area contributed by atoms with E-state index in [1.807, 2.05) is 24.3 Å². The van der Waals surface area contributed by atoms with Gasteiger partial charge in [-0.3, -0.25) is 4.79 Å². The predicted molar refractivity (Wildman–Crippen MR) is 116 cm³/mol. The maximum absolute atomic E-state index is 12.2. The second-order valence-electron chi connectivity index (χ2n) is 6.51. The number of para-hydroxylation sites is 1. The fraction of sp³-hybridized carbons (Fsp3) is 0.318. The number of amidine groups is 1. The van der Waals surface area contributed by atoms with Gasteiger partial charge in [-0.25, -0.2) is 0 Å². The number of hydrogen-bond acceptors (Lipinski definition) is 5. The standard InChI is InChI=1S/C22H25N3O2S/c1-3-13-27-19-8-6-5-7-18(19)15-23-25-22-24-21(26)20(28-22)14-17-11-9-16(4-2)10-12-17/h5-12,15,20H,3-4,13-14H2,1-2H3,(H,24,25,26)/b23-15-/t20-/m0/s1. The van der Waals surface area contributed by atoms with E-state index in [2.05, 4.69) is 53.6 Å². The number of amides is 1. The highest BCUT2D eigenvalue weighted by Gasteiger charge is 2.30. The van der Waals surface area contributed by atoms with Crippen molar-refractivity contribution in [1.82, 2.24) is 5.32 Å². The summed E-state index contributed by atoms with van der Waals surface area (Å²) in [4.78, 5) is 12.2. The van der Waals surface area contributed by atoms with Crippen molar-refractivity contribution in [3.8, 4) is 5.75 Å². The number of carbonyl (C=O) groups excluding carboxylic acids is 1. The number of aryl methyl sites for hydroxylation is 1. The van der Waals surface area contributed by atoms with E-state index in [0.29, 0.717) is 18.2 Å². The molecule has 6 heteroatoms. The first-order chi connectivity index (χ1) is 13.7. The Morgan fingerprint density at radius 1 is 1.11 bits per heavy atom. The molecule has 1 saturated heterocycles. The monoisotopic (exact) mass is 395 g/mol. The van der Waals surface area contributed by atoms with Gasteiger partial charge in [0.25, 0.3) is 0 Å². The third-order valence-electron chi connectivity index (χ3n) is 4.35. The zero-order valence-corrected chi connectivity index (χ0v) is 17.0. The average molecular weight is 396 g/mol. The van der Waals surface area contributed by atoms with E-state index >= 15 is 0 Å². The molecule has 1 N–H and O–H groups in total. The maximum atomic E-state index is 12.2. The van der Waals surface area contributed by atoms with Crippen LogP contribution in [0.4, 0.5) is 0 Å². The third kappa shape index (κ3) is 5.45. The van der Waals surface area contributed by atoms with E-state index in [9.17, 15) is 4.79 Å². The molecule has 0 spiro atoms. The molecule has 0 unspecified atom stereocenters. The van der Waals surface area contributed by atoms with Gasteiger partial charge in [-0.1, -0.05) is 62.0 Å². The fourth-order valence-electron chi connectivity index (χ4n) is 2.79. The van der Waals surface area contributed by atoms with E-state index in [1.54, 1.807) is 6.21 Å². The van der Waals surface area contributed by atoms with Gasteiger partial charge in [0.15, 0.2) is 5.17 Å². The highest BCUT2D eigenvalue weighted by Crippen LogP contribution is 2.24. The van der Waals surface area contributed by atoms with Gasteiger partial charge in [-0.2, -0.15) is 5.10 Å². The lowest BCUT2D eigenvalue weighted by atomic mass is 10.1. The van der Waals surface area contributed by atoms with Crippen molar-refractivity contribution in [1.29, 1.82) is 0 Å². The van der Waals surface area contributed by atoms with Crippen LogP contribution in [0.15, 0.2) is 58.7 Å². The Kier molecular flexibility index (Phi) is 7.25. The van der Waals surface area contributed by atoms with Gasteiger partial charge in [-0.05, 0) is 42.5 Å². The zero-order valence-electron chi connectivity index (χ0n) is 16.2. The number of rotatable bonds is 8. The Hall–Kier alpha value is -2.60. The molecular weight excluding hydrogens is 370 g/mol. The Balaban J connectivity index is 1.61. The van der Waals surface area contributed by atoms with E-state index in [4.69, 9.17) is 4.74 Å². The molecule has 1 fully saturated rings. The summed E-state index contributed by atoms with van der Waals surface area (Å²) in [5.74, 6) is 0.759. The molecule has 1 heterocycles. The Bertz CT molecular complexity index is 862. The fourth-order valence-corrected chi connectivity index (χ4v) is 3.75. The van der Waals surface area contributed by atoms with E-state index in [1.165, 1.54) is 17.3 Å². The maximum Gasteiger partial charge on any atom is 0.239 e. The van der Waals surface area contributed by atoms with E-state index in [0.717, 1.165) is 29.7 Å². The van der Waals surface area contributed by atoms with Gasteiger partial charge in [0.1, 0.15) is 5.75 Å². The van der Waals surface area contributed by atoms with Crippen molar-refractivity contribution in [2.45, 2.75) is 38.4 Å². The van der Waals surface area contributed by atoms with Crippen molar-refractivity contribution in [2.24, 2.45) is 10.2 Å². The molecule has 1 aliphatic heterocycles. The summed E-state index contributed by atoms with van der Waals surface area (Å²) in [5.41, 5.74) is 3.31. The Morgan fingerprint density at radius 3 is 2.61 bits per heavy atom. The second kappa shape index (κ2) is 10.1. The number of hydrogen-bond donors (Lipinski definition) is 1. The van der Waals surface area contributed by atoms with Crippen molar-refractivity contribution in [2.75, 3.05) is 6.61 Å².